The van der Waals surface area contributed by atoms with E-state index in [4.69, 9.17) is 9.47 Å². The fraction of sp³-hybridized carbons (Fsp3) is 0.571. The first kappa shape index (κ1) is 14.0. The number of hydrogen-bond donors (Lipinski definition) is 1. The molecule has 0 fully saturated rings. The van der Waals surface area contributed by atoms with Crippen LogP contribution in [0.5, 0.6) is 5.75 Å². The van der Waals surface area contributed by atoms with E-state index in [1.807, 2.05) is 31.2 Å². The first-order chi connectivity index (χ1) is 8.31. The van der Waals surface area contributed by atoms with Gasteiger partial charge in [0.2, 0.25) is 0 Å². The van der Waals surface area contributed by atoms with Gasteiger partial charge in [0.15, 0.2) is 0 Å². The number of benzene rings is 1. The average Bonchev–Trinajstić information content (AvgIpc) is 2.38. The van der Waals surface area contributed by atoms with Crippen molar-refractivity contribution in [1.29, 1.82) is 0 Å². The van der Waals surface area contributed by atoms with Crippen molar-refractivity contribution in [3.05, 3.63) is 29.8 Å². The Morgan fingerprint density at radius 3 is 2.71 bits per heavy atom. The van der Waals surface area contributed by atoms with Crippen LogP contribution in [0.25, 0.3) is 0 Å². The van der Waals surface area contributed by atoms with Crippen molar-refractivity contribution in [2.24, 2.45) is 5.92 Å². The number of aliphatic hydroxyl groups excluding tert-OH is 1. The Balaban J connectivity index is 2.54. The number of methoxy groups -OCH3 is 1. The average molecular weight is 238 g/mol. The predicted octanol–water partition coefficient (Wildman–Crippen LogP) is 2.27. The Morgan fingerprint density at radius 2 is 2.06 bits per heavy atom. The zero-order chi connectivity index (χ0) is 12.5. The zero-order valence-electron chi connectivity index (χ0n) is 10.7. The highest BCUT2D eigenvalue weighted by Crippen LogP contribution is 2.22. The van der Waals surface area contributed by atoms with E-state index in [-0.39, 0.29) is 12.5 Å². The smallest absolute Gasteiger partial charge is 0.122 e. The monoisotopic (exact) mass is 238 g/mol. The summed E-state index contributed by atoms with van der Waals surface area (Å²) in [6.07, 6.45) is 1.70. The minimum Gasteiger partial charge on any atom is -0.496 e. The summed E-state index contributed by atoms with van der Waals surface area (Å²) in [4.78, 5) is 0. The molecule has 0 bridgehead atoms. The second-order valence-electron chi connectivity index (χ2n) is 4.05. The van der Waals surface area contributed by atoms with Gasteiger partial charge >= 0.3 is 0 Å². The van der Waals surface area contributed by atoms with Crippen LogP contribution in [-0.2, 0) is 11.2 Å². The third-order valence-electron chi connectivity index (χ3n) is 2.83. The Hall–Kier alpha value is -1.06. The standard InChI is InChI=1S/C14H22O3/c1-3-17-9-8-12(11-15)10-13-6-4-5-7-14(13)16-2/h4-7,12,15H,3,8-11H2,1-2H3. The summed E-state index contributed by atoms with van der Waals surface area (Å²) in [5.41, 5.74) is 1.14. The quantitative estimate of drug-likeness (QED) is 0.706. The summed E-state index contributed by atoms with van der Waals surface area (Å²) in [5, 5.41) is 9.35. The lowest BCUT2D eigenvalue weighted by Gasteiger charge is -2.16. The zero-order valence-corrected chi connectivity index (χ0v) is 10.7. The number of aliphatic hydroxyl groups is 1. The van der Waals surface area contributed by atoms with Crippen LogP contribution in [0.4, 0.5) is 0 Å². The number of rotatable bonds is 8. The Kier molecular flexibility index (Phi) is 6.67. The number of ether oxygens (including phenoxy) is 2. The van der Waals surface area contributed by atoms with Crippen molar-refractivity contribution in [1.82, 2.24) is 0 Å². The highest BCUT2D eigenvalue weighted by atomic mass is 16.5. The molecular weight excluding hydrogens is 216 g/mol. The lowest BCUT2D eigenvalue weighted by atomic mass is 9.97. The minimum atomic E-state index is 0.186. The molecule has 0 aliphatic rings. The Bertz CT molecular complexity index is 312. The molecule has 1 N–H and O–H groups in total. The second kappa shape index (κ2) is 8.09. The van der Waals surface area contributed by atoms with Crippen molar-refractivity contribution in [3.63, 3.8) is 0 Å². The van der Waals surface area contributed by atoms with Gasteiger partial charge in [-0.05, 0) is 37.3 Å². The molecule has 0 radical (unpaired) electrons. The van der Waals surface area contributed by atoms with E-state index in [1.54, 1.807) is 7.11 Å². The van der Waals surface area contributed by atoms with Gasteiger partial charge in [0, 0.05) is 19.8 Å². The molecule has 1 unspecified atom stereocenters. The summed E-state index contributed by atoms with van der Waals surface area (Å²) in [5.74, 6) is 1.13. The molecule has 1 atom stereocenters. The summed E-state index contributed by atoms with van der Waals surface area (Å²) in [7, 11) is 1.67. The SMILES string of the molecule is CCOCCC(CO)Cc1ccccc1OC. The van der Waals surface area contributed by atoms with Gasteiger partial charge in [-0.3, -0.25) is 0 Å². The predicted molar refractivity (Wildman–Crippen MR) is 68.4 cm³/mol. The van der Waals surface area contributed by atoms with Crippen LogP contribution in [0.15, 0.2) is 24.3 Å². The van der Waals surface area contributed by atoms with Crippen molar-refractivity contribution in [2.75, 3.05) is 26.9 Å². The molecule has 17 heavy (non-hydrogen) atoms. The van der Waals surface area contributed by atoms with Gasteiger partial charge in [-0.2, -0.15) is 0 Å². The lowest BCUT2D eigenvalue weighted by Crippen LogP contribution is -2.13. The van der Waals surface area contributed by atoms with Gasteiger partial charge in [0.05, 0.1) is 7.11 Å². The summed E-state index contributed by atoms with van der Waals surface area (Å²) in [6, 6.07) is 7.94. The van der Waals surface area contributed by atoms with Crippen LogP contribution < -0.4 is 4.74 Å². The van der Waals surface area contributed by atoms with Gasteiger partial charge < -0.3 is 14.6 Å². The third-order valence-corrected chi connectivity index (χ3v) is 2.83. The van der Waals surface area contributed by atoms with Gasteiger partial charge in [0.25, 0.3) is 0 Å². The maximum absolute atomic E-state index is 9.35. The van der Waals surface area contributed by atoms with E-state index in [9.17, 15) is 5.11 Å². The summed E-state index contributed by atoms with van der Waals surface area (Å²) < 4.78 is 10.6. The lowest BCUT2D eigenvalue weighted by molar-refractivity contribution is 0.115. The van der Waals surface area contributed by atoms with Crippen molar-refractivity contribution in [2.45, 2.75) is 19.8 Å². The largest absolute Gasteiger partial charge is 0.496 e. The molecule has 0 saturated carbocycles. The molecule has 0 heterocycles. The minimum absolute atomic E-state index is 0.186. The highest BCUT2D eigenvalue weighted by molar-refractivity contribution is 5.33. The maximum Gasteiger partial charge on any atom is 0.122 e. The van der Waals surface area contributed by atoms with Gasteiger partial charge in [-0.1, -0.05) is 18.2 Å². The maximum atomic E-state index is 9.35. The van der Waals surface area contributed by atoms with E-state index in [0.29, 0.717) is 6.61 Å². The molecule has 0 aliphatic heterocycles. The molecule has 0 saturated heterocycles. The topological polar surface area (TPSA) is 38.7 Å². The first-order valence-electron chi connectivity index (χ1n) is 6.12. The summed E-state index contributed by atoms with van der Waals surface area (Å²) in [6.45, 7) is 3.60. The van der Waals surface area contributed by atoms with Crippen LogP contribution in [0, 0.1) is 5.92 Å². The molecule has 1 rings (SSSR count). The molecule has 1 aromatic rings. The van der Waals surface area contributed by atoms with E-state index in [1.165, 1.54) is 0 Å². The Morgan fingerprint density at radius 1 is 1.29 bits per heavy atom. The van der Waals surface area contributed by atoms with E-state index in [0.717, 1.165) is 30.8 Å². The molecule has 0 spiro atoms. The van der Waals surface area contributed by atoms with Crippen molar-refractivity contribution in [3.8, 4) is 5.75 Å². The third kappa shape index (κ3) is 4.75. The summed E-state index contributed by atoms with van der Waals surface area (Å²) >= 11 is 0. The van der Waals surface area contributed by atoms with E-state index in [2.05, 4.69) is 0 Å². The molecule has 0 aromatic heterocycles. The fourth-order valence-electron chi connectivity index (χ4n) is 1.83. The molecule has 3 nitrogen and oxygen atoms in total. The van der Waals surface area contributed by atoms with Crippen molar-refractivity contribution >= 4 is 0 Å². The van der Waals surface area contributed by atoms with Crippen LogP contribution in [0.2, 0.25) is 0 Å². The first-order valence-corrected chi connectivity index (χ1v) is 6.12. The van der Waals surface area contributed by atoms with Crippen molar-refractivity contribution < 1.29 is 14.6 Å². The van der Waals surface area contributed by atoms with E-state index >= 15 is 0 Å². The number of hydrogen-bond acceptors (Lipinski definition) is 3. The molecule has 1 aromatic carbocycles. The molecule has 96 valence electrons. The van der Waals surface area contributed by atoms with Gasteiger partial charge in [-0.25, -0.2) is 0 Å². The van der Waals surface area contributed by atoms with Crippen LogP contribution >= 0.6 is 0 Å². The van der Waals surface area contributed by atoms with Gasteiger partial charge in [-0.15, -0.1) is 0 Å². The van der Waals surface area contributed by atoms with Crippen LogP contribution in [0.3, 0.4) is 0 Å². The number of para-hydroxylation sites is 1. The Labute approximate surface area is 103 Å². The molecule has 0 aliphatic carbocycles. The highest BCUT2D eigenvalue weighted by Gasteiger charge is 2.11. The van der Waals surface area contributed by atoms with E-state index < -0.39 is 0 Å². The molecule has 3 heteroatoms. The normalized spacial score (nSPS) is 12.4. The van der Waals surface area contributed by atoms with Crippen LogP contribution in [-0.4, -0.2) is 32.0 Å². The molecular formula is C14H22O3. The van der Waals surface area contributed by atoms with Crippen LogP contribution in [0.1, 0.15) is 18.9 Å². The fourth-order valence-corrected chi connectivity index (χ4v) is 1.83. The second-order valence-corrected chi connectivity index (χ2v) is 4.05. The van der Waals surface area contributed by atoms with Gasteiger partial charge in [0.1, 0.15) is 5.75 Å². The molecule has 0 amide bonds.